The molecule has 0 N–H and O–H groups in total. The van der Waals surface area contributed by atoms with Gasteiger partial charge in [-0.1, -0.05) is 0 Å². The molecule has 2 fully saturated rings. The van der Waals surface area contributed by atoms with E-state index in [-0.39, 0.29) is 11.9 Å². The maximum atomic E-state index is 12.5. The van der Waals surface area contributed by atoms with Crippen LogP contribution in [0.3, 0.4) is 0 Å². The molecule has 3 rings (SSSR count). The summed E-state index contributed by atoms with van der Waals surface area (Å²) >= 11 is 0. The van der Waals surface area contributed by atoms with Gasteiger partial charge in [-0.05, 0) is 31.9 Å². The smallest absolute Gasteiger partial charge is 0.239 e. The molecule has 1 aromatic heterocycles. The number of likely N-dealkylation sites (tertiary alicyclic amines) is 1. The number of hydrogen-bond acceptors (Lipinski definition) is 6. The van der Waals surface area contributed by atoms with E-state index in [2.05, 4.69) is 20.0 Å². The molecule has 0 aromatic carbocycles. The van der Waals surface area contributed by atoms with E-state index < -0.39 is 0 Å². The Morgan fingerprint density at radius 2 is 1.83 bits per heavy atom. The topological polar surface area (TPSA) is 76.4 Å². The molecule has 1 unspecified atom stereocenters. The van der Waals surface area contributed by atoms with Crippen LogP contribution in [0.5, 0.6) is 0 Å². The maximum Gasteiger partial charge on any atom is 0.239 e. The van der Waals surface area contributed by atoms with Crippen molar-refractivity contribution < 1.29 is 4.79 Å². The van der Waals surface area contributed by atoms with Crippen molar-refractivity contribution in [2.24, 2.45) is 0 Å². The molecule has 0 radical (unpaired) electrons. The van der Waals surface area contributed by atoms with Gasteiger partial charge in [-0.25, -0.2) is 0 Å². The van der Waals surface area contributed by atoms with Gasteiger partial charge in [-0.3, -0.25) is 9.69 Å². The summed E-state index contributed by atoms with van der Waals surface area (Å²) in [4.78, 5) is 18.9. The molecular weight excluding hydrogens is 292 g/mol. The zero-order chi connectivity index (χ0) is 16.2. The molecule has 0 bridgehead atoms. The zero-order valence-corrected chi connectivity index (χ0v) is 13.5. The van der Waals surface area contributed by atoms with E-state index in [1.807, 2.05) is 24.0 Å². The number of carbonyl (C=O) groups is 1. The fourth-order valence-corrected chi connectivity index (χ4v) is 3.25. The average molecular weight is 314 g/mol. The summed E-state index contributed by atoms with van der Waals surface area (Å²) in [5, 5.41) is 16.7. The highest BCUT2D eigenvalue weighted by Gasteiger charge is 2.30. The molecule has 0 aliphatic carbocycles. The van der Waals surface area contributed by atoms with Crippen LogP contribution in [0.15, 0.2) is 12.1 Å². The van der Waals surface area contributed by atoms with E-state index in [1.54, 1.807) is 6.07 Å². The van der Waals surface area contributed by atoms with Gasteiger partial charge in [0.1, 0.15) is 6.07 Å². The SMILES string of the molecule is CC(C(=O)N1CCCC1)N1CCN(c2ccc(C#N)nn2)CC1. The zero-order valence-electron chi connectivity index (χ0n) is 13.5. The second-order valence-corrected chi connectivity index (χ2v) is 6.12. The van der Waals surface area contributed by atoms with Crippen molar-refractivity contribution >= 4 is 11.7 Å². The number of nitrogens with zero attached hydrogens (tertiary/aromatic N) is 6. The highest BCUT2D eigenvalue weighted by Crippen LogP contribution is 2.16. The summed E-state index contributed by atoms with van der Waals surface area (Å²) in [5.74, 6) is 1.05. The van der Waals surface area contributed by atoms with Crippen molar-refractivity contribution in [3.63, 3.8) is 0 Å². The van der Waals surface area contributed by atoms with Crippen LogP contribution >= 0.6 is 0 Å². The Labute approximate surface area is 136 Å². The molecule has 23 heavy (non-hydrogen) atoms. The van der Waals surface area contributed by atoms with E-state index in [1.165, 1.54) is 0 Å². The number of piperazine rings is 1. The van der Waals surface area contributed by atoms with Gasteiger partial charge in [0.05, 0.1) is 6.04 Å². The largest absolute Gasteiger partial charge is 0.353 e. The van der Waals surface area contributed by atoms with Crippen LogP contribution in [0.2, 0.25) is 0 Å². The van der Waals surface area contributed by atoms with E-state index in [4.69, 9.17) is 5.26 Å². The summed E-state index contributed by atoms with van der Waals surface area (Å²) in [6.45, 7) is 7.13. The molecule has 1 atom stereocenters. The van der Waals surface area contributed by atoms with Crippen LogP contribution in [0.25, 0.3) is 0 Å². The Hall–Kier alpha value is -2.20. The lowest BCUT2D eigenvalue weighted by molar-refractivity contribution is -0.135. The van der Waals surface area contributed by atoms with Gasteiger partial charge >= 0.3 is 0 Å². The first-order valence-corrected chi connectivity index (χ1v) is 8.20. The Morgan fingerprint density at radius 3 is 2.39 bits per heavy atom. The van der Waals surface area contributed by atoms with Crippen LogP contribution in [-0.4, -0.2) is 71.2 Å². The van der Waals surface area contributed by atoms with Gasteiger partial charge in [-0.2, -0.15) is 5.26 Å². The third-order valence-corrected chi connectivity index (χ3v) is 4.73. The molecule has 1 amide bonds. The van der Waals surface area contributed by atoms with E-state index in [0.717, 1.165) is 57.9 Å². The number of hydrogen-bond donors (Lipinski definition) is 0. The molecule has 2 saturated heterocycles. The third kappa shape index (κ3) is 3.42. The highest BCUT2D eigenvalue weighted by molar-refractivity contribution is 5.81. The number of rotatable bonds is 3. The van der Waals surface area contributed by atoms with Crippen molar-refractivity contribution in [2.45, 2.75) is 25.8 Å². The first kappa shape index (κ1) is 15.7. The van der Waals surface area contributed by atoms with Crippen LogP contribution in [-0.2, 0) is 4.79 Å². The molecule has 1 aromatic rings. The van der Waals surface area contributed by atoms with Crippen molar-refractivity contribution in [3.8, 4) is 6.07 Å². The van der Waals surface area contributed by atoms with Crippen LogP contribution < -0.4 is 4.90 Å². The van der Waals surface area contributed by atoms with E-state index in [9.17, 15) is 4.79 Å². The van der Waals surface area contributed by atoms with E-state index >= 15 is 0 Å². The van der Waals surface area contributed by atoms with Gasteiger partial charge in [0, 0.05) is 39.3 Å². The maximum absolute atomic E-state index is 12.5. The average Bonchev–Trinajstić information content (AvgIpc) is 3.15. The first-order valence-electron chi connectivity index (χ1n) is 8.20. The Bertz CT molecular complexity index is 582. The summed E-state index contributed by atoms with van der Waals surface area (Å²) in [6, 6.07) is 5.44. The number of amides is 1. The van der Waals surface area contributed by atoms with Gasteiger partial charge in [0.15, 0.2) is 11.5 Å². The Morgan fingerprint density at radius 1 is 1.13 bits per heavy atom. The second-order valence-electron chi connectivity index (χ2n) is 6.12. The lowest BCUT2D eigenvalue weighted by Gasteiger charge is -2.38. The molecule has 122 valence electrons. The molecule has 0 spiro atoms. The van der Waals surface area contributed by atoms with Crippen molar-refractivity contribution in [2.75, 3.05) is 44.2 Å². The molecule has 7 heteroatoms. The summed E-state index contributed by atoms with van der Waals surface area (Å²) in [7, 11) is 0. The van der Waals surface area contributed by atoms with Gasteiger partial charge in [0.2, 0.25) is 5.91 Å². The number of aromatic nitrogens is 2. The van der Waals surface area contributed by atoms with Crippen LogP contribution in [0, 0.1) is 11.3 Å². The minimum atomic E-state index is -0.0534. The second kappa shape index (κ2) is 6.92. The quantitative estimate of drug-likeness (QED) is 0.808. The van der Waals surface area contributed by atoms with Gasteiger partial charge in [0.25, 0.3) is 0 Å². The minimum absolute atomic E-state index is 0.0534. The van der Waals surface area contributed by atoms with Gasteiger partial charge < -0.3 is 9.80 Å². The minimum Gasteiger partial charge on any atom is -0.353 e. The first-order chi connectivity index (χ1) is 11.2. The number of carbonyl (C=O) groups excluding carboxylic acids is 1. The lowest BCUT2D eigenvalue weighted by atomic mass is 10.2. The fraction of sp³-hybridized carbons (Fsp3) is 0.625. The molecule has 2 aliphatic rings. The Kier molecular flexibility index (Phi) is 4.72. The highest BCUT2D eigenvalue weighted by atomic mass is 16.2. The van der Waals surface area contributed by atoms with Crippen molar-refractivity contribution in [3.05, 3.63) is 17.8 Å². The van der Waals surface area contributed by atoms with Crippen molar-refractivity contribution in [1.29, 1.82) is 5.26 Å². The molecule has 2 aliphatic heterocycles. The van der Waals surface area contributed by atoms with Crippen LogP contribution in [0.1, 0.15) is 25.5 Å². The standard InChI is InChI=1S/C16H22N6O/c1-13(16(23)22-6-2-3-7-22)20-8-10-21(11-9-20)15-5-4-14(12-17)18-19-15/h4-5,13H,2-3,6-11H2,1H3. The van der Waals surface area contributed by atoms with Crippen molar-refractivity contribution in [1.82, 2.24) is 20.0 Å². The molecular formula is C16H22N6O. The fourth-order valence-electron chi connectivity index (χ4n) is 3.25. The van der Waals surface area contributed by atoms with Crippen LogP contribution in [0.4, 0.5) is 5.82 Å². The van der Waals surface area contributed by atoms with E-state index in [0.29, 0.717) is 5.69 Å². The summed E-state index contributed by atoms with van der Waals surface area (Å²) < 4.78 is 0. The molecule has 0 saturated carbocycles. The number of nitriles is 1. The summed E-state index contributed by atoms with van der Waals surface area (Å²) in [5.41, 5.74) is 0.331. The van der Waals surface area contributed by atoms with Gasteiger partial charge in [-0.15, -0.1) is 10.2 Å². The Balaban J connectivity index is 1.55. The summed E-state index contributed by atoms with van der Waals surface area (Å²) in [6.07, 6.45) is 2.26. The molecule has 7 nitrogen and oxygen atoms in total. The molecule has 3 heterocycles. The number of anilines is 1. The normalized spacial score (nSPS) is 20.3. The predicted octanol–water partition coefficient (Wildman–Crippen LogP) is 0.481. The lowest BCUT2D eigenvalue weighted by Crippen LogP contribution is -2.54. The third-order valence-electron chi connectivity index (χ3n) is 4.73. The predicted molar refractivity (Wildman–Crippen MR) is 85.8 cm³/mol. The monoisotopic (exact) mass is 314 g/mol.